The van der Waals surface area contributed by atoms with Crippen LogP contribution in [0.5, 0.6) is 0 Å². The van der Waals surface area contributed by atoms with E-state index in [0.717, 1.165) is 11.3 Å². The molecule has 0 fully saturated rings. The molecule has 102 valence electrons. The van der Waals surface area contributed by atoms with E-state index >= 15 is 0 Å². The van der Waals surface area contributed by atoms with Crippen molar-refractivity contribution in [1.29, 1.82) is 0 Å². The van der Waals surface area contributed by atoms with Crippen LogP contribution >= 0.6 is 0 Å². The average Bonchev–Trinajstić information content (AvgIpc) is 2.90. The highest BCUT2D eigenvalue weighted by Crippen LogP contribution is 2.24. The molecule has 0 radical (unpaired) electrons. The van der Waals surface area contributed by atoms with Gasteiger partial charge in [0, 0.05) is 37.1 Å². The van der Waals surface area contributed by atoms with Crippen LogP contribution < -0.4 is 10.6 Å². The van der Waals surface area contributed by atoms with Crippen molar-refractivity contribution in [3.8, 4) is 0 Å². The van der Waals surface area contributed by atoms with Crippen LogP contribution in [0.2, 0.25) is 0 Å². The molecule has 2 rings (SSSR count). The quantitative estimate of drug-likeness (QED) is 0.896. The Morgan fingerprint density at radius 1 is 1.26 bits per heavy atom. The largest absolute Gasteiger partial charge is 0.366 e. The number of anilines is 1. The summed E-state index contributed by atoms with van der Waals surface area (Å²) in [5.41, 5.74) is 8.27. The predicted molar refractivity (Wildman–Crippen MR) is 79.3 cm³/mol. The van der Waals surface area contributed by atoms with Crippen molar-refractivity contribution in [2.45, 2.75) is 25.9 Å². The topological polar surface area (TPSA) is 47.1 Å². The summed E-state index contributed by atoms with van der Waals surface area (Å²) in [4.78, 5) is 2.20. The Morgan fingerprint density at radius 3 is 2.47 bits per heavy atom. The first-order chi connectivity index (χ1) is 9.13. The molecule has 1 atom stereocenters. The Bertz CT molecular complexity index is 504. The first kappa shape index (κ1) is 13.6. The number of nitrogens with two attached hydrogens (primary N) is 1. The van der Waals surface area contributed by atoms with Crippen LogP contribution in [0.1, 0.15) is 31.5 Å². The van der Waals surface area contributed by atoms with E-state index in [-0.39, 0.29) is 6.04 Å². The van der Waals surface area contributed by atoms with Gasteiger partial charge in [-0.3, -0.25) is 4.68 Å². The van der Waals surface area contributed by atoms with Crippen LogP contribution in [0.4, 0.5) is 5.69 Å². The number of likely N-dealkylation sites (N-methyl/N-ethyl adjacent to an activating group) is 1. The molecule has 0 bridgehead atoms. The maximum Gasteiger partial charge on any atom is 0.0692 e. The zero-order valence-electron chi connectivity index (χ0n) is 11.8. The first-order valence-corrected chi connectivity index (χ1v) is 6.65. The molecule has 0 spiro atoms. The fourth-order valence-corrected chi connectivity index (χ4v) is 2.17. The number of hydrogen-bond acceptors (Lipinski definition) is 3. The van der Waals surface area contributed by atoms with Crippen LogP contribution in [0, 0.1) is 0 Å². The molecular formula is C15H22N4. The summed E-state index contributed by atoms with van der Waals surface area (Å²) in [6, 6.07) is 10.8. The molecule has 4 heteroatoms. The van der Waals surface area contributed by atoms with Crippen molar-refractivity contribution in [2.75, 3.05) is 18.5 Å². The molecule has 0 aliphatic rings. The minimum absolute atomic E-state index is 0.148. The molecule has 19 heavy (non-hydrogen) atoms. The van der Waals surface area contributed by atoms with Crippen LogP contribution in [-0.2, 0) is 0 Å². The number of aromatic nitrogens is 2. The van der Waals surface area contributed by atoms with E-state index in [1.54, 1.807) is 0 Å². The predicted octanol–water partition coefficient (Wildman–Crippen LogP) is 2.60. The van der Waals surface area contributed by atoms with E-state index in [1.807, 2.05) is 29.1 Å². The second-order valence-corrected chi connectivity index (χ2v) is 5.05. The molecule has 1 aromatic heterocycles. The molecule has 0 aliphatic heterocycles. The molecule has 0 saturated carbocycles. The van der Waals surface area contributed by atoms with Crippen LogP contribution in [0.25, 0.3) is 0 Å². The molecule has 1 heterocycles. The maximum atomic E-state index is 5.95. The minimum Gasteiger partial charge on any atom is -0.366 e. The highest BCUT2D eigenvalue weighted by molar-refractivity contribution is 5.47. The molecule has 0 amide bonds. The summed E-state index contributed by atoms with van der Waals surface area (Å²) in [6.45, 7) is 4.81. The zero-order chi connectivity index (χ0) is 13.8. The van der Waals surface area contributed by atoms with Gasteiger partial charge in [0.05, 0.1) is 12.2 Å². The summed E-state index contributed by atoms with van der Waals surface area (Å²) in [5, 5.41) is 4.40. The minimum atomic E-state index is 0.148. The van der Waals surface area contributed by atoms with E-state index in [1.165, 1.54) is 0 Å². The van der Waals surface area contributed by atoms with Crippen molar-refractivity contribution in [1.82, 2.24) is 9.78 Å². The van der Waals surface area contributed by atoms with E-state index in [2.05, 4.69) is 49.2 Å². The highest BCUT2D eigenvalue weighted by atomic mass is 15.3. The Morgan fingerprint density at radius 2 is 1.95 bits per heavy atom. The van der Waals surface area contributed by atoms with E-state index in [4.69, 9.17) is 5.73 Å². The number of benzene rings is 1. The molecule has 2 aromatic rings. The highest BCUT2D eigenvalue weighted by Gasteiger charge is 2.18. The van der Waals surface area contributed by atoms with Crippen molar-refractivity contribution in [3.63, 3.8) is 0 Å². The van der Waals surface area contributed by atoms with Gasteiger partial charge in [-0.15, -0.1) is 0 Å². The second kappa shape index (κ2) is 5.89. The van der Waals surface area contributed by atoms with E-state index in [9.17, 15) is 0 Å². The van der Waals surface area contributed by atoms with Crippen LogP contribution in [0.15, 0.2) is 42.7 Å². The SMILES string of the molecule is CC(C)n1cc(C(CN)N(C)c2ccccc2)cn1. The fourth-order valence-electron chi connectivity index (χ4n) is 2.17. The molecule has 1 unspecified atom stereocenters. The van der Waals surface area contributed by atoms with Gasteiger partial charge in [0.1, 0.15) is 0 Å². The molecule has 0 aliphatic carbocycles. The van der Waals surface area contributed by atoms with Crippen molar-refractivity contribution < 1.29 is 0 Å². The summed E-state index contributed by atoms with van der Waals surface area (Å²) in [6.07, 6.45) is 4.00. The van der Waals surface area contributed by atoms with Crippen LogP contribution in [-0.4, -0.2) is 23.4 Å². The number of para-hydroxylation sites is 1. The number of nitrogens with zero attached hydrogens (tertiary/aromatic N) is 3. The lowest BCUT2D eigenvalue weighted by atomic mass is 10.1. The van der Waals surface area contributed by atoms with E-state index < -0.39 is 0 Å². The summed E-state index contributed by atoms with van der Waals surface area (Å²) in [7, 11) is 2.07. The van der Waals surface area contributed by atoms with Crippen molar-refractivity contribution >= 4 is 5.69 Å². The second-order valence-electron chi connectivity index (χ2n) is 5.05. The van der Waals surface area contributed by atoms with Gasteiger partial charge in [0.2, 0.25) is 0 Å². The lowest BCUT2D eigenvalue weighted by molar-refractivity contribution is 0.531. The molecule has 4 nitrogen and oxygen atoms in total. The Balaban J connectivity index is 2.24. The van der Waals surface area contributed by atoms with Crippen molar-refractivity contribution in [2.24, 2.45) is 5.73 Å². The third-order valence-electron chi connectivity index (χ3n) is 3.39. The molecule has 0 saturated heterocycles. The van der Waals surface area contributed by atoms with Gasteiger partial charge < -0.3 is 10.6 Å². The standard InChI is InChI=1S/C15H22N4/c1-12(2)19-11-13(10-17-19)15(9-16)18(3)14-7-5-4-6-8-14/h4-8,10-12,15H,9,16H2,1-3H3. The molecule has 1 aromatic carbocycles. The normalized spacial score (nSPS) is 12.7. The Labute approximate surface area is 114 Å². The zero-order valence-corrected chi connectivity index (χ0v) is 11.8. The number of rotatable bonds is 5. The van der Waals surface area contributed by atoms with E-state index in [0.29, 0.717) is 12.6 Å². The lowest BCUT2D eigenvalue weighted by Crippen LogP contribution is -2.30. The smallest absolute Gasteiger partial charge is 0.0692 e. The monoisotopic (exact) mass is 258 g/mol. The fraction of sp³-hybridized carbons (Fsp3) is 0.400. The summed E-state index contributed by atoms with van der Waals surface area (Å²) in [5.74, 6) is 0. The van der Waals surface area contributed by atoms with Crippen LogP contribution in [0.3, 0.4) is 0 Å². The van der Waals surface area contributed by atoms with Gasteiger partial charge in [-0.1, -0.05) is 18.2 Å². The van der Waals surface area contributed by atoms with Gasteiger partial charge in [0.25, 0.3) is 0 Å². The van der Waals surface area contributed by atoms with Gasteiger partial charge in [-0.05, 0) is 26.0 Å². The third-order valence-corrected chi connectivity index (χ3v) is 3.39. The Kier molecular flexibility index (Phi) is 4.22. The third kappa shape index (κ3) is 2.96. The lowest BCUT2D eigenvalue weighted by Gasteiger charge is -2.28. The average molecular weight is 258 g/mol. The van der Waals surface area contributed by atoms with Crippen molar-refractivity contribution in [3.05, 3.63) is 48.3 Å². The van der Waals surface area contributed by atoms with Gasteiger partial charge in [0.15, 0.2) is 0 Å². The molecule has 2 N–H and O–H groups in total. The first-order valence-electron chi connectivity index (χ1n) is 6.65. The van der Waals surface area contributed by atoms with Gasteiger partial charge in [-0.2, -0.15) is 5.10 Å². The molecular weight excluding hydrogens is 236 g/mol. The summed E-state index contributed by atoms with van der Waals surface area (Å²) >= 11 is 0. The maximum absolute atomic E-state index is 5.95. The Hall–Kier alpha value is -1.81. The summed E-state index contributed by atoms with van der Waals surface area (Å²) < 4.78 is 1.97. The number of hydrogen-bond donors (Lipinski definition) is 1. The van der Waals surface area contributed by atoms with Gasteiger partial charge in [-0.25, -0.2) is 0 Å². The van der Waals surface area contributed by atoms with Gasteiger partial charge >= 0.3 is 0 Å².